The molecule has 1 fully saturated rings. The van der Waals surface area contributed by atoms with Crippen molar-refractivity contribution in [1.82, 2.24) is 4.72 Å². The molecule has 0 radical (unpaired) electrons. The Hall–Kier alpha value is -0.700. The molecule has 0 unspecified atom stereocenters. The molecule has 1 aromatic carbocycles. The molecule has 0 aromatic heterocycles. The van der Waals surface area contributed by atoms with Crippen LogP contribution in [0.1, 0.15) is 19.3 Å². The Balaban J connectivity index is 2.07. The van der Waals surface area contributed by atoms with Gasteiger partial charge in [-0.1, -0.05) is 11.6 Å². The van der Waals surface area contributed by atoms with Gasteiger partial charge in [0.25, 0.3) is 0 Å². The molecule has 1 heterocycles. The smallest absolute Gasteiger partial charge is 0.240 e. The van der Waals surface area contributed by atoms with E-state index in [4.69, 9.17) is 22.1 Å². The fourth-order valence-corrected chi connectivity index (χ4v) is 3.97. The standard InChI is InChI=1S/C14H21ClN2O4S/c15-10-1-4-12(5-2-10)22(19,20)17-13-6-3-11(7-8-16)21-14(13)9-18/h1-2,4-5,11,13-14,17-18H,3,6-9,16H2/t11-,13+,14+/m1/s1. The van der Waals surface area contributed by atoms with Gasteiger partial charge >= 0.3 is 0 Å². The number of sulfonamides is 1. The van der Waals surface area contributed by atoms with Crippen LogP contribution in [0.25, 0.3) is 0 Å². The molecule has 3 atom stereocenters. The minimum atomic E-state index is -3.67. The molecule has 0 spiro atoms. The van der Waals surface area contributed by atoms with Crippen molar-refractivity contribution < 1.29 is 18.3 Å². The second-order valence-electron chi connectivity index (χ2n) is 5.32. The fraction of sp³-hybridized carbons (Fsp3) is 0.571. The van der Waals surface area contributed by atoms with Gasteiger partial charge in [0.1, 0.15) is 0 Å². The van der Waals surface area contributed by atoms with Gasteiger partial charge in [0, 0.05) is 5.02 Å². The van der Waals surface area contributed by atoms with Crippen molar-refractivity contribution in [3.05, 3.63) is 29.3 Å². The van der Waals surface area contributed by atoms with Crippen molar-refractivity contribution in [3.63, 3.8) is 0 Å². The Morgan fingerprint density at radius 3 is 2.59 bits per heavy atom. The van der Waals surface area contributed by atoms with Crippen LogP contribution in [0.4, 0.5) is 0 Å². The molecule has 0 saturated carbocycles. The van der Waals surface area contributed by atoms with Crippen molar-refractivity contribution in [2.75, 3.05) is 13.2 Å². The Kier molecular flexibility index (Phi) is 6.19. The lowest BCUT2D eigenvalue weighted by Crippen LogP contribution is -2.51. The largest absolute Gasteiger partial charge is 0.394 e. The zero-order valence-electron chi connectivity index (χ0n) is 12.1. The molecule has 1 aliphatic heterocycles. The first-order chi connectivity index (χ1) is 10.5. The minimum absolute atomic E-state index is 0.0292. The predicted molar refractivity (Wildman–Crippen MR) is 84.2 cm³/mol. The summed E-state index contributed by atoms with van der Waals surface area (Å²) in [5, 5.41) is 9.91. The van der Waals surface area contributed by atoms with Gasteiger partial charge in [-0.05, 0) is 50.1 Å². The summed E-state index contributed by atoms with van der Waals surface area (Å²) in [7, 11) is -3.67. The van der Waals surface area contributed by atoms with Crippen molar-refractivity contribution in [2.24, 2.45) is 5.73 Å². The number of halogens is 1. The van der Waals surface area contributed by atoms with Crippen molar-refractivity contribution >= 4 is 21.6 Å². The molecule has 124 valence electrons. The average molecular weight is 349 g/mol. The van der Waals surface area contributed by atoms with Gasteiger partial charge in [-0.2, -0.15) is 0 Å². The Morgan fingerprint density at radius 1 is 1.32 bits per heavy atom. The molecule has 1 aromatic rings. The summed E-state index contributed by atoms with van der Waals surface area (Å²) in [6, 6.07) is 5.47. The summed E-state index contributed by atoms with van der Waals surface area (Å²) >= 11 is 5.77. The van der Waals surface area contributed by atoms with Crippen LogP contribution >= 0.6 is 11.6 Å². The number of ether oxygens (including phenoxy) is 1. The highest BCUT2D eigenvalue weighted by Crippen LogP contribution is 2.23. The summed E-state index contributed by atoms with van der Waals surface area (Å²) in [6.45, 7) is 0.263. The highest BCUT2D eigenvalue weighted by molar-refractivity contribution is 7.89. The molecule has 22 heavy (non-hydrogen) atoms. The Labute approximate surface area is 135 Å². The summed E-state index contributed by atoms with van der Waals surface area (Å²) in [5.74, 6) is 0. The summed E-state index contributed by atoms with van der Waals surface area (Å²) in [6.07, 6.45) is 1.42. The van der Waals surface area contributed by atoms with E-state index in [1.54, 1.807) is 0 Å². The van der Waals surface area contributed by atoms with Crippen molar-refractivity contribution in [1.29, 1.82) is 0 Å². The van der Waals surface area contributed by atoms with Crippen LogP contribution in [0.15, 0.2) is 29.2 Å². The van der Waals surface area contributed by atoms with Gasteiger partial charge in [-0.3, -0.25) is 0 Å². The predicted octanol–water partition coefficient (Wildman–Crippen LogP) is 0.876. The lowest BCUT2D eigenvalue weighted by molar-refractivity contribution is -0.0867. The molecule has 0 aliphatic carbocycles. The minimum Gasteiger partial charge on any atom is -0.394 e. The lowest BCUT2D eigenvalue weighted by Gasteiger charge is -2.35. The van der Waals surface area contributed by atoms with Gasteiger partial charge in [0.05, 0.1) is 29.8 Å². The molecular formula is C14H21ClN2O4S. The van der Waals surface area contributed by atoms with Gasteiger partial charge in [0.15, 0.2) is 0 Å². The molecular weight excluding hydrogens is 328 g/mol. The van der Waals surface area contributed by atoms with Crippen LogP contribution in [0, 0.1) is 0 Å². The number of aliphatic hydroxyl groups is 1. The van der Waals surface area contributed by atoms with Crippen LogP contribution < -0.4 is 10.5 Å². The van der Waals surface area contributed by atoms with E-state index >= 15 is 0 Å². The zero-order valence-corrected chi connectivity index (χ0v) is 13.7. The number of nitrogens with two attached hydrogens (primary N) is 1. The van der Waals surface area contributed by atoms with Crippen molar-refractivity contribution in [2.45, 2.75) is 42.4 Å². The van der Waals surface area contributed by atoms with Gasteiger partial charge in [0.2, 0.25) is 10.0 Å². The number of benzene rings is 1. The average Bonchev–Trinajstić information content (AvgIpc) is 2.49. The van der Waals surface area contributed by atoms with E-state index in [9.17, 15) is 13.5 Å². The first kappa shape index (κ1) is 17.7. The van der Waals surface area contributed by atoms with Gasteiger partial charge < -0.3 is 15.6 Å². The molecule has 0 bridgehead atoms. The number of hydrogen-bond acceptors (Lipinski definition) is 5. The molecule has 0 amide bonds. The van der Waals surface area contributed by atoms with Crippen LogP contribution in [-0.4, -0.2) is 44.9 Å². The Bertz CT molecular complexity index is 579. The van der Waals surface area contributed by atoms with E-state index < -0.39 is 22.2 Å². The number of rotatable bonds is 6. The third kappa shape index (κ3) is 4.41. The van der Waals surface area contributed by atoms with Crippen LogP contribution in [0.5, 0.6) is 0 Å². The molecule has 8 heteroatoms. The monoisotopic (exact) mass is 348 g/mol. The second-order valence-corrected chi connectivity index (χ2v) is 7.47. The maximum atomic E-state index is 12.4. The molecule has 2 rings (SSSR count). The topological polar surface area (TPSA) is 102 Å². The first-order valence-corrected chi connectivity index (χ1v) is 9.06. The van der Waals surface area contributed by atoms with Crippen LogP contribution in [0.2, 0.25) is 5.02 Å². The molecule has 6 nitrogen and oxygen atoms in total. The number of aliphatic hydroxyl groups excluding tert-OH is 1. The van der Waals surface area contributed by atoms with E-state index in [0.29, 0.717) is 30.8 Å². The molecule has 4 N–H and O–H groups in total. The number of hydrogen-bond donors (Lipinski definition) is 3. The summed E-state index contributed by atoms with van der Waals surface area (Å²) in [4.78, 5) is 0.137. The van der Waals surface area contributed by atoms with Gasteiger partial charge in [-0.15, -0.1) is 0 Å². The van der Waals surface area contributed by atoms with E-state index in [1.165, 1.54) is 24.3 Å². The maximum Gasteiger partial charge on any atom is 0.240 e. The molecule has 1 aliphatic rings. The highest BCUT2D eigenvalue weighted by atomic mass is 35.5. The van der Waals surface area contributed by atoms with E-state index in [2.05, 4.69) is 4.72 Å². The zero-order chi connectivity index (χ0) is 16.2. The highest BCUT2D eigenvalue weighted by Gasteiger charge is 2.33. The normalized spacial score (nSPS) is 26.0. The quantitative estimate of drug-likeness (QED) is 0.708. The van der Waals surface area contributed by atoms with Gasteiger partial charge in [-0.25, -0.2) is 13.1 Å². The summed E-state index contributed by atoms with van der Waals surface area (Å²) in [5.41, 5.74) is 5.51. The number of nitrogens with one attached hydrogen (secondary N) is 1. The SMILES string of the molecule is NCC[C@H]1CC[C@H](NS(=O)(=O)c2ccc(Cl)cc2)[C@H](CO)O1. The van der Waals surface area contributed by atoms with E-state index in [0.717, 1.165) is 0 Å². The maximum absolute atomic E-state index is 12.4. The van der Waals surface area contributed by atoms with E-state index in [-0.39, 0.29) is 17.6 Å². The third-order valence-corrected chi connectivity index (χ3v) is 5.47. The first-order valence-electron chi connectivity index (χ1n) is 7.20. The van der Waals surface area contributed by atoms with Crippen molar-refractivity contribution in [3.8, 4) is 0 Å². The lowest BCUT2D eigenvalue weighted by atomic mass is 9.98. The summed E-state index contributed by atoms with van der Waals surface area (Å²) < 4.78 is 33.1. The Morgan fingerprint density at radius 2 is 2.00 bits per heavy atom. The van der Waals surface area contributed by atoms with Crippen LogP contribution in [0.3, 0.4) is 0 Å². The fourth-order valence-electron chi connectivity index (χ4n) is 2.55. The van der Waals surface area contributed by atoms with E-state index in [1.807, 2.05) is 0 Å². The molecule has 1 saturated heterocycles. The van der Waals surface area contributed by atoms with Crippen LogP contribution in [-0.2, 0) is 14.8 Å². The third-order valence-electron chi connectivity index (χ3n) is 3.71. The second kappa shape index (κ2) is 7.72.